The third-order valence-electron chi connectivity index (χ3n) is 4.88. The SMILES string of the molecule is CC1CCCCC1N(C)C(CN)c1ccc(C(F)F)cc1. The first-order chi connectivity index (χ1) is 10.0. The average Bonchev–Trinajstić information content (AvgIpc) is 2.49. The summed E-state index contributed by atoms with van der Waals surface area (Å²) in [5, 5.41) is 0. The number of likely N-dealkylation sites (N-methyl/N-ethyl adjacent to an activating group) is 1. The summed E-state index contributed by atoms with van der Waals surface area (Å²) >= 11 is 0. The maximum atomic E-state index is 12.6. The van der Waals surface area contributed by atoms with Gasteiger partial charge in [0.25, 0.3) is 6.43 Å². The van der Waals surface area contributed by atoms with E-state index in [4.69, 9.17) is 5.73 Å². The second-order valence-electron chi connectivity index (χ2n) is 6.21. The summed E-state index contributed by atoms with van der Waals surface area (Å²) in [7, 11) is 2.12. The summed E-state index contributed by atoms with van der Waals surface area (Å²) in [4.78, 5) is 2.35. The standard InChI is InChI=1S/C17H26F2N2/c1-12-5-3-4-6-15(12)21(2)16(11-20)13-7-9-14(10-8-13)17(18)19/h7-10,12,15-17H,3-6,11,20H2,1-2H3. The minimum absolute atomic E-state index is 0.0724. The molecule has 118 valence electrons. The van der Waals surface area contributed by atoms with Crippen LogP contribution in [-0.4, -0.2) is 24.5 Å². The van der Waals surface area contributed by atoms with Gasteiger partial charge in [-0.3, -0.25) is 4.90 Å². The molecule has 1 aromatic carbocycles. The van der Waals surface area contributed by atoms with Crippen molar-refractivity contribution in [2.24, 2.45) is 11.7 Å². The average molecular weight is 296 g/mol. The lowest BCUT2D eigenvalue weighted by Gasteiger charge is -2.40. The van der Waals surface area contributed by atoms with Crippen LogP contribution in [-0.2, 0) is 0 Å². The third kappa shape index (κ3) is 3.80. The zero-order valence-electron chi connectivity index (χ0n) is 12.9. The van der Waals surface area contributed by atoms with Crippen molar-refractivity contribution in [3.63, 3.8) is 0 Å². The van der Waals surface area contributed by atoms with Gasteiger partial charge in [0.2, 0.25) is 0 Å². The summed E-state index contributed by atoms with van der Waals surface area (Å²) in [6.07, 6.45) is 2.62. The topological polar surface area (TPSA) is 29.3 Å². The van der Waals surface area contributed by atoms with Gasteiger partial charge in [-0.05, 0) is 31.4 Å². The Hall–Kier alpha value is -1.00. The zero-order valence-corrected chi connectivity index (χ0v) is 12.9. The minimum atomic E-state index is -2.41. The molecule has 1 fully saturated rings. The van der Waals surface area contributed by atoms with Crippen LogP contribution in [0.25, 0.3) is 0 Å². The molecule has 0 saturated heterocycles. The van der Waals surface area contributed by atoms with Crippen molar-refractivity contribution in [3.8, 4) is 0 Å². The smallest absolute Gasteiger partial charge is 0.263 e. The van der Waals surface area contributed by atoms with E-state index in [0.29, 0.717) is 18.5 Å². The fraction of sp³-hybridized carbons (Fsp3) is 0.647. The molecule has 0 aromatic heterocycles. The van der Waals surface area contributed by atoms with E-state index in [2.05, 4.69) is 18.9 Å². The molecule has 0 heterocycles. The molecule has 0 amide bonds. The fourth-order valence-electron chi connectivity index (χ4n) is 3.53. The Morgan fingerprint density at radius 2 is 1.71 bits per heavy atom. The molecule has 0 bridgehead atoms. The van der Waals surface area contributed by atoms with Crippen molar-refractivity contribution in [1.82, 2.24) is 4.90 Å². The Bertz CT molecular complexity index is 433. The van der Waals surface area contributed by atoms with Crippen molar-refractivity contribution in [1.29, 1.82) is 0 Å². The minimum Gasteiger partial charge on any atom is -0.329 e. The van der Waals surface area contributed by atoms with Crippen molar-refractivity contribution in [2.75, 3.05) is 13.6 Å². The van der Waals surface area contributed by atoms with E-state index in [-0.39, 0.29) is 11.6 Å². The monoisotopic (exact) mass is 296 g/mol. The number of nitrogens with zero attached hydrogens (tertiary/aromatic N) is 1. The Balaban J connectivity index is 2.14. The molecule has 0 radical (unpaired) electrons. The summed E-state index contributed by atoms with van der Waals surface area (Å²) in [6.45, 7) is 2.81. The lowest BCUT2D eigenvalue weighted by Crippen LogP contribution is -2.43. The summed E-state index contributed by atoms with van der Waals surface area (Å²) in [5.41, 5.74) is 7.07. The van der Waals surface area contributed by atoms with E-state index in [1.54, 1.807) is 12.1 Å². The van der Waals surface area contributed by atoms with Gasteiger partial charge in [0.1, 0.15) is 0 Å². The number of hydrogen-bond acceptors (Lipinski definition) is 2. The summed E-state index contributed by atoms with van der Waals surface area (Å²) < 4.78 is 25.3. The molecule has 21 heavy (non-hydrogen) atoms. The Labute approximate surface area is 126 Å². The van der Waals surface area contributed by atoms with Crippen molar-refractivity contribution in [2.45, 2.75) is 51.1 Å². The van der Waals surface area contributed by atoms with Crippen molar-refractivity contribution < 1.29 is 8.78 Å². The zero-order chi connectivity index (χ0) is 15.4. The number of hydrogen-bond donors (Lipinski definition) is 1. The van der Waals surface area contributed by atoms with Gasteiger partial charge < -0.3 is 5.73 Å². The summed E-state index contributed by atoms with van der Waals surface area (Å²) in [6, 6.07) is 7.25. The molecule has 2 N–H and O–H groups in total. The Morgan fingerprint density at radius 1 is 1.14 bits per heavy atom. The van der Waals surface area contributed by atoms with Crippen LogP contribution in [0.4, 0.5) is 8.78 Å². The summed E-state index contributed by atoms with van der Waals surface area (Å²) in [5.74, 6) is 0.665. The van der Waals surface area contributed by atoms with E-state index in [1.165, 1.54) is 37.8 Å². The van der Waals surface area contributed by atoms with Crippen molar-refractivity contribution in [3.05, 3.63) is 35.4 Å². The Morgan fingerprint density at radius 3 is 2.24 bits per heavy atom. The van der Waals surface area contributed by atoms with Crippen LogP contribution in [0.3, 0.4) is 0 Å². The van der Waals surface area contributed by atoms with Gasteiger partial charge in [-0.15, -0.1) is 0 Å². The highest BCUT2D eigenvalue weighted by molar-refractivity contribution is 5.26. The lowest BCUT2D eigenvalue weighted by molar-refractivity contribution is 0.0991. The molecule has 1 saturated carbocycles. The number of alkyl halides is 2. The quantitative estimate of drug-likeness (QED) is 0.885. The van der Waals surface area contributed by atoms with Crippen LogP contribution in [0.2, 0.25) is 0 Å². The van der Waals surface area contributed by atoms with E-state index in [9.17, 15) is 8.78 Å². The molecule has 1 aromatic rings. The molecular formula is C17H26F2N2. The molecule has 0 aliphatic heterocycles. The first-order valence-electron chi connectivity index (χ1n) is 7.84. The first-order valence-corrected chi connectivity index (χ1v) is 7.84. The van der Waals surface area contributed by atoms with Crippen LogP contribution in [0, 0.1) is 5.92 Å². The molecule has 1 aliphatic carbocycles. The highest BCUT2D eigenvalue weighted by atomic mass is 19.3. The van der Waals surface area contributed by atoms with E-state index in [0.717, 1.165) is 5.56 Å². The van der Waals surface area contributed by atoms with Gasteiger partial charge in [0.05, 0.1) is 0 Å². The number of nitrogens with two attached hydrogens (primary N) is 1. The van der Waals surface area contributed by atoms with Gasteiger partial charge in [-0.2, -0.15) is 0 Å². The maximum Gasteiger partial charge on any atom is 0.263 e. The number of benzene rings is 1. The molecule has 0 spiro atoms. The van der Waals surface area contributed by atoms with E-state index >= 15 is 0 Å². The molecular weight excluding hydrogens is 270 g/mol. The van der Waals surface area contributed by atoms with E-state index < -0.39 is 6.43 Å². The second-order valence-corrected chi connectivity index (χ2v) is 6.21. The predicted molar refractivity (Wildman–Crippen MR) is 82.4 cm³/mol. The normalized spacial score (nSPS) is 24.5. The largest absolute Gasteiger partial charge is 0.329 e. The van der Waals surface area contributed by atoms with Crippen LogP contribution in [0.15, 0.2) is 24.3 Å². The van der Waals surface area contributed by atoms with Gasteiger partial charge in [-0.1, -0.05) is 44.0 Å². The van der Waals surface area contributed by atoms with Crippen LogP contribution < -0.4 is 5.73 Å². The molecule has 4 heteroatoms. The van der Waals surface area contributed by atoms with Crippen LogP contribution in [0.1, 0.15) is 56.2 Å². The molecule has 2 nitrogen and oxygen atoms in total. The fourth-order valence-corrected chi connectivity index (χ4v) is 3.53. The van der Waals surface area contributed by atoms with E-state index in [1.807, 2.05) is 0 Å². The highest BCUT2D eigenvalue weighted by Crippen LogP contribution is 2.32. The van der Waals surface area contributed by atoms with Crippen LogP contribution >= 0.6 is 0 Å². The van der Waals surface area contributed by atoms with Gasteiger partial charge in [-0.25, -0.2) is 8.78 Å². The Kier molecular flexibility index (Phi) is 5.71. The van der Waals surface area contributed by atoms with Gasteiger partial charge in [0.15, 0.2) is 0 Å². The highest BCUT2D eigenvalue weighted by Gasteiger charge is 2.29. The lowest BCUT2D eigenvalue weighted by atomic mass is 9.84. The van der Waals surface area contributed by atoms with Gasteiger partial charge in [0, 0.05) is 24.2 Å². The molecule has 3 atom stereocenters. The number of rotatable bonds is 5. The number of halogens is 2. The molecule has 2 rings (SSSR count). The first kappa shape index (κ1) is 16.4. The second kappa shape index (κ2) is 7.32. The molecule has 3 unspecified atom stereocenters. The maximum absolute atomic E-state index is 12.6. The molecule has 1 aliphatic rings. The van der Waals surface area contributed by atoms with Crippen LogP contribution in [0.5, 0.6) is 0 Å². The van der Waals surface area contributed by atoms with Gasteiger partial charge >= 0.3 is 0 Å². The predicted octanol–water partition coefficient (Wildman–Crippen LogP) is 4.13. The van der Waals surface area contributed by atoms with Crippen molar-refractivity contribution >= 4 is 0 Å². The third-order valence-corrected chi connectivity index (χ3v) is 4.88.